The van der Waals surface area contributed by atoms with E-state index in [1.807, 2.05) is 105 Å². The zero-order valence-corrected chi connectivity index (χ0v) is 27.3. The number of amides is 3. The molecule has 4 N–H and O–H groups in total. The van der Waals surface area contributed by atoms with Crippen molar-refractivity contribution in [3.63, 3.8) is 0 Å². The number of alkyl carbamates (subject to hydrolysis) is 1. The van der Waals surface area contributed by atoms with E-state index in [1.165, 1.54) is 6.08 Å². The lowest BCUT2D eigenvalue weighted by molar-refractivity contribution is -0.130. The van der Waals surface area contributed by atoms with Crippen LogP contribution < -0.4 is 20.7 Å². The maximum Gasteiger partial charge on any atom is 0.408 e. The summed E-state index contributed by atoms with van der Waals surface area (Å²) >= 11 is 0. The number of hydrogen-bond acceptors (Lipinski definition) is 6. The van der Waals surface area contributed by atoms with Gasteiger partial charge in [-0.1, -0.05) is 112 Å². The standard InChI is InChI=1S/C35H44N4O6S/c1-4-36-46(43,44)21-20-30(23-27-14-8-5-9-15-27)37-33(40)32(24-28-16-10-6-11-17-28)38-34(41)31(22-26(2)3)39-35(42)45-25-29-18-12-7-13-19-29/h5-21,26,30-32,36H,4,22-25H2,1-3H3,(H,37,40)(H,38,41)(H,39,42)/t30-,31+,32+/m1/s1. The number of carbonyl (C=O) groups excluding carboxylic acids is 3. The van der Waals surface area contributed by atoms with Crippen molar-refractivity contribution < 1.29 is 27.5 Å². The van der Waals surface area contributed by atoms with Gasteiger partial charge in [0.2, 0.25) is 21.8 Å². The summed E-state index contributed by atoms with van der Waals surface area (Å²) in [6.45, 7) is 5.79. The van der Waals surface area contributed by atoms with Crippen molar-refractivity contribution in [2.45, 2.75) is 64.8 Å². The molecule has 0 aliphatic carbocycles. The van der Waals surface area contributed by atoms with Crippen LogP contribution in [0.15, 0.2) is 102 Å². The third kappa shape index (κ3) is 13.3. The summed E-state index contributed by atoms with van der Waals surface area (Å²) in [5.74, 6) is -0.990. The van der Waals surface area contributed by atoms with Crippen LogP contribution in [0.3, 0.4) is 0 Å². The first-order valence-corrected chi connectivity index (χ1v) is 16.9. The van der Waals surface area contributed by atoms with Crippen molar-refractivity contribution >= 4 is 27.9 Å². The average molecular weight is 649 g/mol. The summed E-state index contributed by atoms with van der Waals surface area (Å²) in [5, 5.41) is 9.46. The van der Waals surface area contributed by atoms with Crippen LogP contribution in [0.5, 0.6) is 0 Å². The summed E-state index contributed by atoms with van der Waals surface area (Å²) < 4.78 is 32.5. The van der Waals surface area contributed by atoms with E-state index in [0.29, 0.717) is 12.8 Å². The molecule has 0 aliphatic heterocycles. The Hall–Kier alpha value is -4.48. The second-order valence-corrected chi connectivity index (χ2v) is 13.0. The van der Waals surface area contributed by atoms with Gasteiger partial charge in [-0.05, 0) is 41.5 Å². The Morgan fingerprint density at radius 3 is 1.78 bits per heavy atom. The molecule has 246 valence electrons. The quantitative estimate of drug-likeness (QED) is 0.173. The number of carbonyl (C=O) groups is 3. The summed E-state index contributed by atoms with van der Waals surface area (Å²) in [4.78, 5) is 40.1. The van der Waals surface area contributed by atoms with E-state index >= 15 is 0 Å². The lowest BCUT2D eigenvalue weighted by Gasteiger charge is -2.25. The first-order valence-electron chi connectivity index (χ1n) is 15.4. The highest BCUT2D eigenvalue weighted by Crippen LogP contribution is 2.11. The van der Waals surface area contributed by atoms with Crippen molar-refractivity contribution in [1.29, 1.82) is 0 Å². The second kappa shape index (κ2) is 18.5. The van der Waals surface area contributed by atoms with Crippen LogP contribution in [0.4, 0.5) is 4.79 Å². The number of hydrogen-bond donors (Lipinski definition) is 4. The first-order chi connectivity index (χ1) is 22.0. The van der Waals surface area contributed by atoms with Crippen LogP contribution in [0.1, 0.15) is 43.9 Å². The highest BCUT2D eigenvalue weighted by Gasteiger charge is 2.29. The summed E-state index contributed by atoms with van der Waals surface area (Å²) in [6, 6.07) is 25.1. The predicted molar refractivity (Wildman–Crippen MR) is 179 cm³/mol. The Labute approximate surface area is 272 Å². The number of benzene rings is 3. The van der Waals surface area contributed by atoms with Crippen LogP contribution in [0, 0.1) is 5.92 Å². The Bertz CT molecular complexity index is 1520. The van der Waals surface area contributed by atoms with E-state index in [2.05, 4.69) is 20.7 Å². The maximum atomic E-state index is 13.8. The zero-order chi connectivity index (χ0) is 33.4. The molecule has 0 aromatic heterocycles. The third-order valence-electron chi connectivity index (χ3n) is 6.91. The molecule has 3 aromatic carbocycles. The molecule has 0 fully saturated rings. The molecule has 10 nitrogen and oxygen atoms in total. The van der Waals surface area contributed by atoms with Gasteiger partial charge in [0.05, 0.1) is 6.04 Å². The fourth-order valence-corrected chi connectivity index (χ4v) is 5.60. The molecule has 0 bridgehead atoms. The van der Waals surface area contributed by atoms with E-state index in [4.69, 9.17) is 4.74 Å². The molecule has 0 radical (unpaired) electrons. The SMILES string of the molecule is CCNS(=O)(=O)C=C[C@H](Cc1ccccc1)NC(=O)[C@H](Cc1ccccc1)NC(=O)[C@H](CC(C)C)NC(=O)OCc1ccccc1. The highest BCUT2D eigenvalue weighted by molar-refractivity contribution is 7.92. The number of sulfonamides is 1. The fourth-order valence-electron chi connectivity index (χ4n) is 4.71. The largest absolute Gasteiger partial charge is 0.445 e. The molecular weight excluding hydrogens is 604 g/mol. The van der Waals surface area contributed by atoms with Crippen molar-refractivity contribution in [3.05, 3.63) is 119 Å². The minimum atomic E-state index is -3.70. The van der Waals surface area contributed by atoms with E-state index in [-0.39, 0.29) is 25.5 Å². The minimum absolute atomic E-state index is 0.0432. The molecule has 3 aromatic rings. The predicted octanol–water partition coefficient (Wildman–Crippen LogP) is 4.24. The van der Waals surface area contributed by atoms with Crippen molar-refractivity contribution in [2.24, 2.45) is 5.92 Å². The summed E-state index contributed by atoms with van der Waals surface area (Å²) in [5.41, 5.74) is 2.50. The molecule has 0 saturated carbocycles. The van der Waals surface area contributed by atoms with Crippen molar-refractivity contribution in [1.82, 2.24) is 20.7 Å². The van der Waals surface area contributed by atoms with Gasteiger partial charge < -0.3 is 20.7 Å². The molecule has 3 rings (SSSR count). The summed E-state index contributed by atoms with van der Waals surface area (Å²) in [6.07, 6.45) is 1.48. The van der Waals surface area contributed by atoms with Crippen molar-refractivity contribution in [3.8, 4) is 0 Å². The number of rotatable bonds is 17. The molecule has 0 unspecified atom stereocenters. The molecule has 0 aliphatic rings. The normalized spacial score (nSPS) is 13.5. The Balaban J connectivity index is 1.80. The topological polar surface area (TPSA) is 143 Å². The first kappa shape index (κ1) is 36.0. The number of nitrogens with one attached hydrogen (secondary N) is 4. The molecular formula is C35H44N4O6S. The zero-order valence-electron chi connectivity index (χ0n) is 26.5. The van der Waals surface area contributed by atoms with Crippen LogP contribution in [-0.2, 0) is 43.8 Å². The highest BCUT2D eigenvalue weighted by atomic mass is 32.2. The van der Waals surface area contributed by atoms with Gasteiger partial charge in [-0.15, -0.1) is 0 Å². The Morgan fingerprint density at radius 1 is 0.717 bits per heavy atom. The van der Waals surface area contributed by atoms with Crippen molar-refractivity contribution in [2.75, 3.05) is 6.54 Å². The third-order valence-corrected chi connectivity index (χ3v) is 8.11. The van der Waals surface area contributed by atoms with Gasteiger partial charge >= 0.3 is 6.09 Å². The van der Waals surface area contributed by atoms with E-state index in [1.54, 1.807) is 6.92 Å². The Morgan fingerprint density at radius 2 is 1.24 bits per heavy atom. The maximum absolute atomic E-state index is 13.8. The van der Waals surface area contributed by atoms with Gasteiger partial charge in [-0.25, -0.2) is 17.9 Å². The molecule has 0 spiro atoms. The monoisotopic (exact) mass is 648 g/mol. The minimum Gasteiger partial charge on any atom is -0.445 e. The number of ether oxygens (including phenoxy) is 1. The van der Waals surface area contributed by atoms with Crippen LogP contribution in [-0.4, -0.2) is 51.0 Å². The van der Waals surface area contributed by atoms with Gasteiger partial charge in [0.1, 0.15) is 18.7 Å². The van der Waals surface area contributed by atoms with Gasteiger partial charge in [-0.3, -0.25) is 9.59 Å². The Kier molecular flexibility index (Phi) is 14.5. The van der Waals surface area contributed by atoms with Crippen LogP contribution in [0.25, 0.3) is 0 Å². The van der Waals surface area contributed by atoms with E-state index in [9.17, 15) is 22.8 Å². The second-order valence-electron chi connectivity index (χ2n) is 11.3. The lowest BCUT2D eigenvalue weighted by atomic mass is 10.0. The smallest absolute Gasteiger partial charge is 0.408 e. The molecule has 3 amide bonds. The summed E-state index contributed by atoms with van der Waals surface area (Å²) in [7, 11) is -3.70. The molecule has 3 atom stereocenters. The van der Waals surface area contributed by atoms with Gasteiger partial charge in [0, 0.05) is 18.4 Å². The molecule has 0 heterocycles. The molecule has 11 heteroatoms. The average Bonchev–Trinajstić information content (AvgIpc) is 3.03. The lowest BCUT2D eigenvalue weighted by Crippen LogP contribution is -2.56. The van der Waals surface area contributed by atoms with Gasteiger partial charge in [-0.2, -0.15) is 0 Å². The van der Waals surface area contributed by atoms with Crippen LogP contribution in [0.2, 0.25) is 0 Å². The molecule has 0 saturated heterocycles. The van der Waals surface area contributed by atoms with Gasteiger partial charge in [0.25, 0.3) is 0 Å². The fraction of sp³-hybridized carbons (Fsp3) is 0.343. The van der Waals surface area contributed by atoms with E-state index in [0.717, 1.165) is 22.1 Å². The van der Waals surface area contributed by atoms with Gasteiger partial charge in [0.15, 0.2) is 0 Å². The molecule has 46 heavy (non-hydrogen) atoms. The van der Waals surface area contributed by atoms with Crippen LogP contribution >= 0.6 is 0 Å². The van der Waals surface area contributed by atoms with E-state index < -0.39 is 46.1 Å².